The van der Waals surface area contributed by atoms with E-state index in [0.29, 0.717) is 6.54 Å². The number of nitrogens with zero attached hydrogens (tertiary/aromatic N) is 3. The van der Waals surface area contributed by atoms with Gasteiger partial charge in [0.15, 0.2) is 0 Å². The Labute approximate surface area is 102 Å². The van der Waals surface area contributed by atoms with Gasteiger partial charge in [-0.15, -0.1) is 0 Å². The molecular formula is C10H18N4O2S. The van der Waals surface area contributed by atoms with Crippen molar-refractivity contribution >= 4 is 10.0 Å². The zero-order valence-corrected chi connectivity index (χ0v) is 10.9. The normalized spacial score (nSPS) is 21.4. The molecule has 0 aromatic carbocycles. The molecule has 2 heterocycles. The smallest absolute Gasteiger partial charge is 0.208 e. The second kappa shape index (κ2) is 4.75. The molecule has 17 heavy (non-hydrogen) atoms. The van der Waals surface area contributed by atoms with Crippen LogP contribution in [0, 0.1) is 0 Å². The Kier molecular flexibility index (Phi) is 3.50. The third kappa shape index (κ3) is 3.27. The van der Waals surface area contributed by atoms with Crippen LogP contribution in [0.2, 0.25) is 0 Å². The van der Waals surface area contributed by atoms with Crippen molar-refractivity contribution in [3.8, 4) is 0 Å². The van der Waals surface area contributed by atoms with E-state index in [1.807, 2.05) is 10.7 Å². The Balaban J connectivity index is 1.98. The highest BCUT2D eigenvalue weighted by Crippen LogP contribution is 2.21. The fourth-order valence-corrected chi connectivity index (χ4v) is 2.69. The van der Waals surface area contributed by atoms with Crippen molar-refractivity contribution in [1.82, 2.24) is 19.4 Å². The van der Waals surface area contributed by atoms with Crippen LogP contribution in [0.15, 0.2) is 12.3 Å². The minimum absolute atomic E-state index is 0.244. The molecule has 0 fully saturated rings. The minimum Gasteiger partial charge on any atom is -0.298 e. The highest BCUT2D eigenvalue weighted by atomic mass is 32.2. The molecule has 0 amide bonds. The molecule has 1 aliphatic heterocycles. The SMILES string of the molecule is CN1Cc2ccnn2C(CCNS(C)(=O)=O)C1. The van der Waals surface area contributed by atoms with Crippen LogP contribution < -0.4 is 4.72 Å². The van der Waals surface area contributed by atoms with E-state index in [0.717, 1.165) is 19.5 Å². The van der Waals surface area contributed by atoms with Crippen molar-refractivity contribution < 1.29 is 8.42 Å². The monoisotopic (exact) mass is 258 g/mol. The summed E-state index contributed by atoms with van der Waals surface area (Å²) in [5.41, 5.74) is 1.18. The Morgan fingerprint density at radius 3 is 3.06 bits per heavy atom. The van der Waals surface area contributed by atoms with Crippen LogP contribution in [0.25, 0.3) is 0 Å². The number of aromatic nitrogens is 2. The van der Waals surface area contributed by atoms with Gasteiger partial charge in [0.1, 0.15) is 0 Å². The largest absolute Gasteiger partial charge is 0.298 e. The predicted octanol–water partition coefficient (Wildman–Crippen LogP) is -0.191. The topological polar surface area (TPSA) is 67.2 Å². The minimum atomic E-state index is -3.10. The molecule has 0 saturated carbocycles. The highest BCUT2D eigenvalue weighted by molar-refractivity contribution is 7.88. The first-order chi connectivity index (χ1) is 7.96. The van der Waals surface area contributed by atoms with Crippen LogP contribution in [0.3, 0.4) is 0 Å². The van der Waals surface area contributed by atoms with Gasteiger partial charge in [0, 0.05) is 25.8 Å². The number of fused-ring (bicyclic) bond motifs is 1. The molecule has 1 aromatic rings. The molecule has 1 atom stereocenters. The summed E-state index contributed by atoms with van der Waals surface area (Å²) in [6.07, 6.45) is 3.73. The van der Waals surface area contributed by atoms with Gasteiger partial charge in [-0.05, 0) is 19.5 Å². The summed E-state index contributed by atoms with van der Waals surface area (Å²) in [7, 11) is -1.03. The first kappa shape index (κ1) is 12.5. The summed E-state index contributed by atoms with van der Waals surface area (Å²) in [6.45, 7) is 2.26. The lowest BCUT2D eigenvalue weighted by Crippen LogP contribution is -2.37. The fraction of sp³-hybridized carbons (Fsp3) is 0.700. The van der Waals surface area contributed by atoms with Crippen LogP contribution in [0.1, 0.15) is 18.2 Å². The third-order valence-corrected chi connectivity index (χ3v) is 3.62. The molecule has 6 nitrogen and oxygen atoms in total. The third-order valence-electron chi connectivity index (χ3n) is 2.89. The van der Waals surface area contributed by atoms with Gasteiger partial charge in [-0.1, -0.05) is 0 Å². The average molecular weight is 258 g/mol. The number of hydrogen-bond donors (Lipinski definition) is 1. The molecule has 0 bridgehead atoms. The lowest BCUT2D eigenvalue weighted by Gasteiger charge is -2.31. The van der Waals surface area contributed by atoms with E-state index in [1.165, 1.54) is 11.9 Å². The van der Waals surface area contributed by atoms with Crippen LogP contribution in [-0.4, -0.2) is 49.5 Å². The molecule has 96 valence electrons. The van der Waals surface area contributed by atoms with Crippen molar-refractivity contribution in [2.45, 2.75) is 19.0 Å². The molecule has 2 rings (SSSR count). The van der Waals surface area contributed by atoms with E-state index in [4.69, 9.17) is 0 Å². The van der Waals surface area contributed by atoms with E-state index >= 15 is 0 Å². The lowest BCUT2D eigenvalue weighted by molar-refractivity contribution is 0.203. The maximum absolute atomic E-state index is 11.0. The number of sulfonamides is 1. The molecule has 0 radical (unpaired) electrons. The van der Waals surface area contributed by atoms with Crippen LogP contribution in [-0.2, 0) is 16.6 Å². The molecule has 1 aliphatic rings. The molecule has 1 aromatic heterocycles. The van der Waals surface area contributed by atoms with Crippen molar-refractivity contribution in [2.75, 3.05) is 26.4 Å². The maximum atomic E-state index is 11.0. The van der Waals surface area contributed by atoms with Gasteiger partial charge in [-0.25, -0.2) is 13.1 Å². The molecular weight excluding hydrogens is 240 g/mol. The molecule has 7 heteroatoms. The highest BCUT2D eigenvalue weighted by Gasteiger charge is 2.23. The quantitative estimate of drug-likeness (QED) is 0.813. The molecule has 1 unspecified atom stereocenters. The van der Waals surface area contributed by atoms with Crippen LogP contribution >= 0.6 is 0 Å². The second-order valence-electron chi connectivity index (χ2n) is 4.57. The molecule has 0 saturated heterocycles. The zero-order valence-electron chi connectivity index (χ0n) is 10.1. The number of rotatable bonds is 4. The number of hydrogen-bond acceptors (Lipinski definition) is 4. The molecule has 1 N–H and O–H groups in total. The summed E-state index contributed by atoms with van der Waals surface area (Å²) in [4.78, 5) is 2.22. The van der Waals surface area contributed by atoms with E-state index in [9.17, 15) is 8.42 Å². The van der Waals surface area contributed by atoms with Crippen molar-refractivity contribution in [1.29, 1.82) is 0 Å². The van der Waals surface area contributed by atoms with Crippen LogP contribution in [0.5, 0.6) is 0 Å². The van der Waals surface area contributed by atoms with Gasteiger partial charge < -0.3 is 0 Å². The first-order valence-corrected chi connectivity index (χ1v) is 7.50. The molecule has 0 spiro atoms. The average Bonchev–Trinajstić information content (AvgIpc) is 2.63. The van der Waals surface area contributed by atoms with Gasteiger partial charge in [0.2, 0.25) is 10.0 Å². The van der Waals surface area contributed by atoms with Crippen LogP contribution in [0.4, 0.5) is 0 Å². The van der Waals surface area contributed by atoms with E-state index in [2.05, 4.69) is 21.8 Å². The van der Waals surface area contributed by atoms with Gasteiger partial charge in [0.25, 0.3) is 0 Å². The zero-order chi connectivity index (χ0) is 12.5. The Morgan fingerprint density at radius 1 is 1.59 bits per heavy atom. The van der Waals surface area contributed by atoms with Gasteiger partial charge in [-0.3, -0.25) is 9.58 Å². The number of likely N-dealkylation sites (N-methyl/N-ethyl adjacent to an activating group) is 1. The number of nitrogens with one attached hydrogen (secondary N) is 1. The first-order valence-electron chi connectivity index (χ1n) is 5.61. The van der Waals surface area contributed by atoms with Gasteiger partial charge in [-0.2, -0.15) is 5.10 Å². The van der Waals surface area contributed by atoms with Gasteiger partial charge >= 0.3 is 0 Å². The van der Waals surface area contributed by atoms with Crippen molar-refractivity contribution in [2.24, 2.45) is 0 Å². The van der Waals surface area contributed by atoms with E-state index in [-0.39, 0.29) is 6.04 Å². The maximum Gasteiger partial charge on any atom is 0.208 e. The van der Waals surface area contributed by atoms with Crippen molar-refractivity contribution in [3.05, 3.63) is 18.0 Å². The van der Waals surface area contributed by atoms with E-state index < -0.39 is 10.0 Å². The predicted molar refractivity (Wildman–Crippen MR) is 65.1 cm³/mol. The Bertz CT molecular complexity index is 482. The summed E-state index contributed by atoms with van der Waals surface area (Å²) >= 11 is 0. The van der Waals surface area contributed by atoms with E-state index in [1.54, 1.807) is 6.20 Å². The standard InChI is InChI=1S/C10H18N4O2S/c1-13-7-9-3-5-11-14(9)10(8-13)4-6-12-17(2,15)16/h3,5,10,12H,4,6-8H2,1-2H3. The summed E-state index contributed by atoms with van der Waals surface area (Å²) < 4.78 is 26.5. The van der Waals surface area contributed by atoms with Crippen molar-refractivity contribution in [3.63, 3.8) is 0 Å². The fourth-order valence-electron chi connectivity index (χ4n) is 2.20. The van der Waals surface area contributed by atoms with Gasteiger partial charge in [0.05, 0.1) is 18.0 Å². The Hall–Kier alpha value is -0.920. The lowest BCUT2D eigenvalue weighted by atomic mass is 10.1. The Morgan fingerprint density at radius 2 is 2.35 bits per heavy atom. The molecule has 0 aliphatic carbocycles. The summed E-state index contributed by atoms with van der Waals surface area (Å²) in [5, 5.41) is 4.30. The summed E-state index contributed by atoms with van der Waals surface area (Å²) in [6, 6.07) is 2.25. The second-order valence-corrected chi connectivity index (χ2v) is 6.41. The summed E-state index contributed by atoms with van der Waals surface area (Å²) in [5.74, 6) is 0.